The largest absolute Gasteiger partial charge is 0.480 e. The summed E-state index contributed by atoms with van der Waals surface area (Å²) in [6.07, 6.45) is 4.61. The Labute approximate surface area is 106 Å². The lowest BCUT2D eigenvalue weighted by molar-refractivity contribution is -0.138. The van der Waals surface area contributed by atoms with Crippen LogP contribution in [0.1, 0.15) is 12.8 Å². The van der Waals surface area contributed by atoms with Crippen LogP contribution in [-0.4, -0.2) is 50.7 Å². The van der Waals surface area contributed by atoms with Crippen LogP contribution in [0.4, 0.5) is 0 Å². The number of rotatable bonds is 5. The Morgan fingerprint density at radius 1 is 1.56 bits per heavy atom. The molecule has 2 unspecified atom stereocenters. The normalized spacial score (nSPS) is 24.3. The van der Waals surface area contributed by atoms with Gasteiger partial charge in [0.15, 0.2) is 9.84 Å². The van der Waals surface area contributed by atoms with Gasteiger partial charge in [0.05, 0.1) is 16.8 Å². The molecule has 18 heavy (non-hydrogen) atoms. The highest BCUT2D eigenvalue weighted by molar-refractivity contribution is 7.95. The maximum atomic E-state index is 11.8. The summed E-state index contributed by atoms with van der Waals surface area (Å²) in [5.41, 5.74) is 0. The molecule has 9 heteroatoms. The van der Waals surface area contributed by atoms with Crippen LogP contribution in [0.5, 0.6) is 0 Å². The molecule has 0 aromatic rings. The van der Waals surface area contributed by atoms with Crippen molar-refractivity contribution < 1.29 is 26.7 Å². The smallest absolute Gasteiger partial charge is 0.322 e. The van der Waals surface area contributed by atoms with E-state index in [-0.39, 0.29) is 18.6 Å². The van der Waals surface area contributed by atoms with Crippen LogP contribution >= 0.6 is 0 Å². The van der Waals surface area contributed by atoms with Crippen molar-refractivity contribution in [2.24, 2.45) is 0 Å². The molecule has 0 aliphatic carbocycles. The Morgan fingerprint density at radius 3 is 2.56 bits per heavy atom. The second-order valence-corrected chi connectivity index (χ2v) is 8.21. The van der Waals surface area contributed by atoms with Crippen molar-refractivity contribution in [3.05, 3.63) is 0 Å². The topological polar surface area (TPSA) is 118 Å². The van der Waals surface area contributed by atoms with Gasteiger partial charge in [0.25, 0.3) is 0 Å². The second kappa shape index (κ2) is 5.26. The predicted octanol–water partition coefficient (Wildman–Crippen LogP) is -1.43. The molecule has 7 nitrogen and oxygen atoms in total. The zero-order valence-corrected chi connectivity index (χ0v) is 11.0. The van der Waals surface area contributed by atoms with Crippen molar-refractivity contribution in [2.75, 3.05) is 11.5 Å². The average molecular weight is 295 g/mol. The van der Waals surface area contributed by atoms with Gasteiger partial charge >= 0.3 is 5.97 Å². The number of nitrogens with one attached hydrogen (secondary N) is 1. The molecule has 1 aliphatic rings. The first kappa shape index (κ1) is 14.9. The molecule has 1 saturated heterocycles. The molecular weight excluding hydrogens is 282 g/mol. The third-order valence-electron chi connectivity index (χ3n) is 2.56. The van der Waals surface area contributed by atoms with E-state index in [9.17, 15) is 21.6 Å². The molecule has 0 aromatic heterocycles. The van der Waals surface area contributed by atoms with Crippen LogP contribution in [0.25, 0.3) is 0 Å². The van der Waals surface area contributed by atoms with E-state index in [2.05, 4.69) is 5.92 Å². The first-order valence-corrected chi connectivity index (χ1v) is 8.42. The van der Waals surface area contributed by atoms with Crippen molar-refractivity contribution in [1.29, 1.82) is 0 Å². The summed E-state index contributed by atoms with van der Waals surface area (Å²) in [4.78, 5) is 10.8. The van der Waals surface area contributed by atoms with Gasteiger partial charge < -0.3 is 5.11 Å². The minimum Gasteiger partial charge on any atom is -0.480 e. The van der Waals surface area contributed by atoms with Crippen LogP contribution in [0.2, 0.25) is 0 Å². The van der Waals surface area contributed by atoms with Gasteiger partial charge in [0, 0.05) is 6.42 Å². The minimum absolute atomic E-state index is 0.0277. The highest BCUT2D eigenvalue weighted by Crippen LogP contribution is 2.18. The third kappa shape index (κ3) is 3.69. The number of carbonyl (C=O) groups is 1. The fourth-order valence-corrected chi connectivity index (χ4v) is 5.83. The molecule has 0 saturated carbocycles. The van der Waals surface area contributed by atoms with Gasteiger partial charge in [-0.25, -0.2) is 16.8 Å². The van der Waals surface area contributed by atoms with Gasteiger partial charge in [-0.15, -0.1) is 12.3 Å². The molecule has 1 heterocycles. The van der Waals surface area contributed by atoms with Crippen molar-refractivity contribution in [2.45, 2.75) is 24.1 Å². The lowest BCUT2D eigenvalue weighted by Gasteiger charge is -2.15. The van der Waals surface area contributed by atoms with E-state index in [0.29, 0.717) is 0 Å². The molecular formula is C9H13NO6S2. The summed E-state index contributed by atoms with van der Waals surface area (Å²) in [6, 6.07) is -1.43. The van der Waals surface area contributed by atoms with Crippen LogP contribution < -0.4 is 4.72 Å². The van der Waals surface area contributed by atoms with Gasteiger partial charge in [0.1, 0.15) is 6.04 Å². The van der Waals surface area contributed by atoms with Crippen LogP contribution in [0.15, 0.2) is 0 Å². The van der Waals surface area contributed by atoms with E-state index in [1.807, 2.05) is 4.72 Å². The fraction of sp³-hybridized carbons (Fsp3) is 0.667. The van der Waals surface area contributed by atoms with E-state index in [0.717, 1.165) is 0 Å². The highest BCUT2D eigenvalue weighted by atomic mass is 32.2. The Morgan fingerprint density at radius 2 is 2.17 bits per heavy atom. The van der Waals surface area contributed by atoms with Gasteiger partial charge in [-0.3, -0.25) is 4.79 Å². The van der Waals surface area contributed by atoms with E-state index >= 15 is 0 Å². The van der Waals surface area contributed by atoms with Crippen LogP contribution in [0, 0.1) is 12.3 Å². The van der Waals surface area contributed by atoms with Crippen molar-refractivity contribution >= 4 is 25.8 Å². The summed E-state index contributed by atoms with van der Waals surface area (Å²) >= 11 is 0. The molecule has 1 fully saturated rings. The highest BCUT2D eigenvalue weighted by Gasteiger charge is 2.38. The molecule has 0 amide bonds. The van der Waals surface area contributed by atoms with Gasteiger partial charge in [0.2, 0.25) is 10.0 Å². The molecule has 0 aromatic carbocycles. The number of hydrogen-bond donors (Lipinski definition) is 2. The summed E-state index contributed by atoms with van der Waals surface area (Å²) in [6.45, 7) is 0. The Balaban J connectivity index is 2.83. The van der Waals surface area contributed by atoms with E-state index in [1.165, 1.54) is 0 Å². The van der Waals surface area contributed by atoms with Gasteiger partial charge in [-0.1, -0.05) is 0 Å². The van der Waals surface area contributed by atoms with Gasteiger partial charge in [-0.2, -0.15) is 4.72 Å². The first-order chi connectivity index (χ1) is 8.18. The minimum atomic E-state index is -4.00. The second-order valence-electron chi connectivity index (χ2n) is 3.99. The summed E-state index contributed by atoms with van der Waals surface area (Å²) in [7, 11) is -7.36. The monoisotopic (exact) mass is 295 g/mol. The molecule has 102 valence electrons. The SMILES string of the molecule is C#CCC(NS(=O)(=O)C1CCS(=O)(=O)C1)C(=O)O. The summed E-state index contributed by atoms with van der Waals surface area (Å²) in [5, 5.41) is 7.66. The summed E-state index contributed by atoms with van der Waals surface area (Å²) < 4.78 is 47.9. The van der Waals surface area contributed by atoms with E-state index in [4.69, 9.17) is 11.5 Å². The predicted molar refractivity (Wildman–Crippen MR) is 64.0 cm³/mol. The Kier molecular flexibility index (Phi) is 4.37. The molecule has 0 bridgehead atoms. The van der Waals surface area contributed by atoms with Crippen molar-refractivity contribution in [3.63, 3.8) is 0 Å². The number of carboxylic acids is 1. The third-order valence-corrected chi connectivity index (χ3v) is 6.43. The molecule has 2 atom stereocenters. The van der Waals surface area contributed by atoms with E-state index < -0.39 is 42.9 Å². The van der Waals surface area contributed by atoms with Crippen LogP contribution in [0.3, 0.4) is 0 Å². The number of sulfone groups is 1. The maximum Gasteiger partial charge on any atom is 0.322 e. The molecule has 0 spiro atoms. The van der Waals surface area contributed by atoms with Gasteiger partial charge in [-0.05, 0) is 6.42 Å². The van der Waals surface area contributed by atoms with Crippen molar-refractivity contribution in [3.8, 4) is 12.3 Å². The quantitative estimate of drug-likeness (QED) is 0.600. The Bertz CT molecular complexity index is 571. The van der Waals surface area contributed by atoms with E-state index in [1.54, 1.807) is 0 Å². The first-order valence-electron chi connectivity index (χ1n) is 5.06. The van der Waals surface area contributed by atoms with Crippen LogP contribution in [-0.2, 0) is 24.7 Å². The van der Waals surface area contributed by atoms with Crippen molar-refractivity contribution in [1.82, 2.24) is 4.72 Å². The molecule has 1 aliphatic heterocycles. The number of sulfonamides is 1. The molecule has 2 N–H and O–H groups in total. The number of hydrogen-bond acceptors (Lipinski definition) is 5. The maximum absolute atomic E-state index is 11.8. The average Bonchev–Trinajstić information content (AvgIpc) is 2.58. The zero-order valence-electron chi connectivity index (χ0n) is 9.37. The molecule has 0 radical (unpaired) electrons. The fourth-order valence-electron chi connectivity index (χ4n) is 1.60. The number of terminal acetylenes is 1. The zero-order chi connectivity index (χ0) is 14.0. The summed E-state index contributed by atoms with van der Waals surface area (Å²) in [5.74, 6) is -0.0231. The lowest BCUT2D eigenvalue weighted by atomic mass is 10.2. The number of carboxylic acid groups (broad SMARTS) is 1. The Hall–Kier alpha value is -1.11. The molecule has 1 rings (SSSR count). The number of aliphatic carboxylic acids is 1. The lowest BCUT2D eigenvalue weighted by Crippen LogP contribution is -2.45. The standard InChI is InChI=1S/C9H13NO6S2/c1-2-3-8(9(11)12)10-18(15,16)7-4-5-17(13,14)6-7/h1,7-8,10H,3-6H2,(H,11,12).